The number of benzene rings is 2. The number of hydrogen-bond donors (Lipinski definition) is 3. The van der Waals surface area contributed by atoms with Crippen LogP contribution in [0.1, 0.15) is 93.4 Å². The van der Waals surface area contributed by atoms with Crippen LogP contribution in [-0.4, -0.2) is 102 Å². The Bertz CT molecular complexity index is 2530. The molecule has 2 aromatic carbocycles. The van der Waals surface area contributed by atoms with Crippen LogP contribution in [0, 0.1) is 17.8 Å². The molecule has 2 aliphatic heterocycles. The normalized spacial score (nSPS) is 27.1. The van der Waals surface area contributed by atoms with E-state index in [9.17, 15) is 36.0 Å². The summed E-state index contributed by atoms with van der Waals surface area (Å²) >= 11 is 0. The Balaban J connectivity index is 1.26. The number of carbonyl (C=O) groups is 4. The molecule has 0 spiro atoms. The summed E-state index contributed by atoms with van der Waals surface area (Å²) in [5.41, 5.74) is -2.81. The minimum atomic E-state index is -4.93. The number of sulfonamides is 1. The summed E-state index contributed by atoms with van der Waals surface area (Å²) < 4.78 is 92.4. The Kier molecular flexibility index (Phi) is 13.6. The molecule has 67 heavy (non-hydrogen) atoms. The number of allylic oxidation sites excluding steroid dienone is 1. The number of rotatable bonds is 11. The van der Waals surface area contributed by atoms with E-state index in [1.165, 1.54) is 18.9 Å². The number of alkyl halides is 3. The first-order valence-electron chi connectivity index (χ1n) is 22.7. The lowest BCUT2D eigenvalue weighted by atomic mass is 9.88. The molecule has 3 heterocycles. The van der Waals surface area contributed by atoms with Crippen molar-refractivity contribution < 1.29 is 59.7 Å². The number of carbonyl (C=O) groups excluding carboxylic acids is 4. The Morgan fingerprint density at radius 1 is 1.00 bits per heavy atom. The summed E-state index contributed by atoms with van der Waals surface area (Å²) in [4.78, 5) is 63.4. The third-order valence-corrected chi connectivity index (χ3v) is 15.5. The Morgan fingerprint density at radius 2 is 1.69 bits per heavy atom. The zero-order chi connectivity index (χ0) is 48.9. The van der Waals surface area contributed by atoms with Crippen molar-refractivity contribution in [2.45, 2.75) is 140 Å². The third-order valence-electron chi connectivity index (χ3n) is 13.3. The maximum atomic E-state index is 15.0. The number of aromatic nitrogens is 1. The molecule has 3 fully saturated rings. The highest BCUT2D eigenvalue weighted by Crippen LogP contribution is 2.48. The van der Waals surface area contributed by atoms with Crippen LogP contribution in [0.25, 0.3) is 22.2 Å². The standard InChI is InChI=1S/C48H60F3N5O10S/c1-27(2)64-32-15-13-30(14-16-32)36-24-39(35-18-17-33(63-8)22-37(35)52-36)65-34-23-38-41(57)54-47(43(59)55-67(61,62)46(7)19-20-46)25-31(47)12-10-9-11-28(3)21-29(4)40(42(58)56(38)26-34)53-44(60)66-45(5,6)48(49,50)51/h10,12-18,22,24,27-29,31,34,38,40H,9,11,19-21,23,25-26H2,1-8H3,(H,53,60)(H,54,57)(H,55,59)/b12-10-/t28-,29-,31-,34-,38+,40+,47-/m1/s1. The number of ether oxygens (including phenoxy) is 4. The van der Waals surface area contributed by atoms with Crippen LogP contribution >= 0.6 is 0 Å². The van der Waals surface area contributed by atoms with Gasteiger partial charge in [-0.3, -0.25) is 19.1 Å². The molecule has 1 aromatic heterocycles. The molecular formula is C48H60F3N5O10S. The quantitative estimate of drug-likeness (QED) is 0.163. The molecule has 4 aliphatic rings. The van der Waals surface area contributed by atoms with Gasteiger partial charge in [0.15, 0.2) is 0 Å². The average Bonchev–Trinajstić information content (AvgIpc) is 4.13. The maximum absolute atomic E-state index is 15.0. The van der Waals surface area contributed by atoms with E-state index in [1.807, 2.05) is 51.1 Å². The van der Waals surface area contributed by atoms with Gasteiger partial charge in [0.2, 0.25) is 27.4 Å². The predicted molar refractivity (Wildman–Crippen MR) is 243 cm³/mol. The zero-order valence-electron chi connectivity index (χ0n) is 39.0. The molecule has 2 aliphatic carbocycles. The summed E-state index contributed by atoms with van der Waals surface area (Å²) in [6.07, 6.45) is -1.53. The minimum Gasteiger partial charge on any atom is -0.497 e. The van der Waals surface area contributed by atoms with Crippen LogP contribution < -0.4 is 29.6 Å². The number of amides is 4. The summed E-state index contributed by atoms with van der Waals surface area (Å²) in [7, 11) is -2.58. The highest BCUT2D eigenvalue weighted by atomic mass is 32.2. The molecule has 0 unspecified atom stereocenters. The van der Waals surface area contributed by atoms with Crippen molar-refractivity contribution in [3.63, 3.8) is 0 Å². The smallest absolute Gasteiger partial charge is 0.427 e. The lowest BCUT2D eigenvalue weighted by Crippen LogP contribution is -2.59. The second kappa shape index (κ2) is 18.5. The van der Waals surface area contributed by atoms with Gasteiger partial charge in [0.25, 0.3) is 5.91 Å². The maximum Gasteiger partial charge on any atom is 0.427 e. The molecule has 15 nitrogen and oxygen atoms in total. The first kappa shape index (κ1) is 49.3. The third kappa shape index (κ3) is 10.6. The molecule has 0 radical (unpaired) electrons. The van der Waals surface area contributed by atoms with E-state index in [0.717, 1.165) is 5.56 Å². The Hall–Kier alpha value is -5.59. The topological polar surface area (TPSA) is 192 Å². The van der Waals surface area contributed by atoms with Crippen molar-refractivity contribution in [2.24, 2.45) is 17.8 Å². The van der Waals surface area contributed by atoms with Gasteiger partial charge < -0.3 is 34.5 Å². The number of fused-ring (bicyclic) bond motifs is 3. The molecule has 3 aromatic rings. The number of halogens is 3. The van der Waals surface area contributed by atoms with Crippen LogP contribution in [0.2, 0.25) is 0 Å². The molecule has 2 saturated carbocycles. The van der Waals surface area contributed by atoms with Crippen LogP contribution in [0.5, 0.6) is 17.2 Å². The number of nitrogens with one attached hydrogen (secondary N) is 3. The number of hydrogen-bond acceptors (Lipinski definition) is 11. The van der Waals surface area contributed by atoms with Gasteiger partial charge in [0.05, 0.1) is 35.7 Å². The number of pyridine rings is 1. The van der Waals surface area contributed by atoms with Gasteiger partial charge in [-0.25, -0.2) is 18.2 Å². The van der Waals surface area contributed by atoms with Gasteiger partial charge in [-0.1, -0.05) is 26.0 Å². The molecular weight excluding hydrogens is 896 g/mol. The van der Waals surface area contributed by atoms with Crippen molar-refractivity contribution in [3.8, 4) is 28.5 Å². The van der Waals surface area contributed by atoms with E-state index >= 15 is 4.79 Å². The van der Waals surface area contributed by atoms with Crippen LogP contribution in [-0.2, 0) is 29.1 Å². The molecule has 1 saturated heterocycles. The second-order valence-corrected chi connectivity index (χ2v) is 21.8. The van der Waals surface area contributed by atoms with Gasteiger partial charge in [-0.15, -0.1) is 0 Å². The van der Waals surface area contributed by atoms with Crippen LogP contribution in [0.15, 0.2) is 60.7 Å². The van der Waals surface area contributed by atoms with Crippen molar-refractivity contribution in [1.82, 2.24) is 25.2 Å². The van der Waals surface area contributed by atoms with Crippen LogP contribution in [0.4, 0.5) is 18.0 Å². The highest BCUT2D eigenvalue weighted by Gasteiger charge is 2.63. The first-order valence-corrected chi connectivity index (χ1v) is 24.2. The first-order chi connectivity index (χ1) is 31.3. The Labute approximate surface area is 388 Å². The fourth-order valence-electron chi connectivity index (χ4n) is 8.75. The zero-order valence-corrected chi connectivity index (χ0v) is 39.8. The highest BCUT2D eigenvalue weighted by molar-refractivity contribution is 7.91. The van der Waals surface area contributed by atoms with E-state index in [0.29, 0.717) is 79.8 Å². The minimum absolute atomic E-state index is 0.0443. The van der Waals surface area contributed by atoms with Gasteiger partial charge >= 0.3 is 12.3 Å². The molecule has 364 valence electrons. The molecule has 0 bridgehead atoms. The average molecular weight is 956 g/mol. The second-order valence-electron chi connectivity index (χ2n) is 19.6. The lowest BCUT2D eigenvalue weighted by Gasteiger charge is -2.34. The fourth-order valence-corrected chi connectivity index (χ4v) is 10.1. The molecule has 19 heteroatoms. The van der Waals surface area contributed by atoms with Gasteiger partial charge in [-0.2, -0.15) is 13.2 Å². The SMILES string of the molecule is COc1ccc2c(O[C@@H]3C[C@H]4C(=O)N[C@]5(C(=O)NS(=O)(=O)C6(C)CC6)C[C@H]5/C=C\CC[C@@H](C)C[C@@H](C)[C@H](NC(=O)OC(C)(C)C(F)(F)F)C(=O)N4C3)cc(-c3ccc(OC(C)C)cc3)nc2c1. The van der Waals surface area contributed by atoms with Crippen molar-refractivity contribution in [2.75, 3.05) is 13.7 Å². The van der Waals surface area contributed by atoms with Crippen molar-refractivity contribution in [3.05, 3.63) is 60.7 Å². The number of alkyl carbamates (subject to hydrolysis) is 1. The number of methoxy groups -OCH3 is 1. The van der Waals surface area contributed by atoms with E-state index in [4.69, 9.17) is 23.9 Å². The van der Waals surface area contributed by atoms with E-state index < -0.39 is 85.9 Å². The Morgan fingerprint density at radius 3 is 2.33 bits per heavy atom. The summed E-state index contributed by atoms with van der Waals surface area (Å²) in [5, 5.41) is 5.83. The molecule has 3 N–H and O–H groups in total. The predicted octanol–water partition coefficient (Wildman–Crippen LogP) is 7.37. The van der Waals surface area contributed by atoms with Crippen molar-refractivity contribution in [1.29, 1.82) is 0 Å². The summed E-state index contributed by atoms with van der Waals surface area (Å²) in [6.45, 7) is 10.2. The van der Waals surface area contributed by atoms with Gasteiger partial charge in [0, 0.05) is 35.4 Å². The van der Waals surface area contributed by atoms with Crippen LogP contribution in [0.3, 0.4) is 0 Å². The largest absolute Gasteiger partial charge is 0.497 e. The van der Waals surface area contributed by atoms with E-state index in [1.54, 1.807) is 37.3 Å². The summed E-state index contributed by atoms with van der Waals surface area (Å²) in [5.74, 6) is -2.22. The van der Waals surface area contributed by atoms with E-state index in [-0.39, 0.29) is 31.4 Å². The molecule has 7 rings (SSSR count). The van der Waals surface area contributed by atoms with Crippen molar-refractivity contribution >= 4 is 44.7 Å². The monoisotopic (exact) mass is 955 g/mol. The molecule has 7 atom stereocenters. The van der Waals surface area contributed by atoms with Gasteiger partial charge in [-0.05, 0) is 121 Å². The molecule has 4 amide bonds. The van der Waals surface area contributed by atoms with Gasteiger partial charge in [0.1, 0.15) is 41.0 Å². The summed E-state index contributed by atoms with van der Waals surface area (Å²) in [6, 6.07) is 11.5. The number of nitrogens with zero attached hydrogens (tertiary/aromatic N) is 2. The van der Waals surface area contributed by atoms with E-state index in [2.05, 4.69) is 15.4 Å². The fraction of sp³-hybridized carbons (Fsp3) is 0.562. The lowest BCUT2D eigenvalue weighted by molar-refractivity contribution is -0.244.